The van der Waals surface area contributed by atoms with Crippen LogP contribution >= 0.6 is 11.3 Å². The smallest absolute Gasteiger partial charge is 0.423 e. The van der Waals surface area contributed by atoms with Gasteiger partial charge >= 0.3 is 18.2 Å². The van der Waals surface area contributed by atoms with Gasteiger partial charge in [0.15, 0.2) is 16.4 Å². The summed E-state index contributed by atoms with van der Waals surface area (Å²) in [5.74, 6) is -1.51. The van der Waals surface area contributed by atoms with Gasteiger partial charge in [0.05, 0.1) is 12.2 Å². The van der Waals surface area contributed by atoms with Gasteiger partial charge in [0.2, 0.25) is 0 Å². The molecule has 0 bridgehead atoms. The number of alkyl halides is 5. The zero-order chi connectivity index (χ0) is 20.9. The molecule has 5 nitrogen and oxygen atoms in total. The van der Waals surface area contributed by atoms with Crippen molar-refractivity contribution in [3.63, 3.8) is 0 Å². The lowest BCUT2D eigenvalue weighted by Crippen LogP contribution is -2.50. The number of hydrogen-bond acceptors (Lipinski definition) is 4. The van der Waals surface area contributed by atoms with Crippen molar-refractivity contribution in [2.45, 2.75) is 12.3 Å². The van der Waals surface area contributed by atoms with Gasteiger partial charge in [-0.1, -0.05) is 5.92 Å². The third-order valence-electron chi connectivity index (χ3n) is 3.73. The summed E-state index contributed by atoms with van der Waals surface area (Å²) in [6.45, 7) is -0.555. The van der Waals surface area contributed by atoms with Crippen LogP contribution in [0, 0.1) is 18.2 Å². The number of halogens is 6. The van der Waals surface area contributed by atoms with Gasteiger partial charge in [-0.05, 0) is 6.07 Å². The Kier molecular flexibility index (Phi) is 4.66. The highest BCUT2D eigenvalue weighted by molar-refractivity contribution is 7.07. The first-order valence-corrected chi connectivity index (χ1v) is 8.26. The van der Waals surface area contributed by atoms with E-state index in [1.807, 2.05) is 5.92 Å². The number of terminal acetylenes is 1. The molecule has 0 unspecified atom stereocenters. The van der Waals surface area contributed by atoms with Gasteiger partial charge in [-0.3, -0.25) is 9.69 Å². The summed E-state index contributed by atoms with van der Waals surface area (Å²) >= 11 is 0.601. The maximum Gasteiger partial charge on any atom is 0.483 e. The molecule has 1 aliphatic rings. The summed E-state index contributed by atoms with van der Waals surface area (Å²) in [6.07, 6.45) is -3.79. The van der Waals surface area contributed by atoms with E-state index in [4.69, 9.17) is 6.42 Å². The van der Waals surface area contributed by atoms with Gasteiger partial charge in [-0.2, -0.15) is 22.0 Å². The molecule has 28 heavy (non-hydrogen) atoms. The highest BCUT2D eigenvalue weighted by Gasteiger charge is 2.50. The highest BCUT2D eigenvalue weighted by Crippen LogP contribution is 2.42. The third kappa shape index (κ3) is 3.33. The fourth-order valence-electron chi connectivity index (χ4n) is 2.44. The van der Waals surface area contributed by atoms with Crippen molar-refractivity contribution in [1.29, 1.82) is 0 Å². The number of aromatic nitrogens is 1. The van der Waals surface area contributed by atoms with Crippen LogP contribution in [0.15, 0.2) is 22.5 Å². The van der Waals surface area contributed by atoms with Crippen LogP contribution in [0.4, 0.5) is 37.7 Å². The Morgan fingerprint density at radius 1 is 1.36 bits per heavy atom. The molecule has 0 atom stereocenters. The summed E-state index contributed by atoms with van der Waals surface area (Å²) in [7, 11) is 1.09. The molecule has 0 saturated heterocycles. The van der Waals surface area contributed by atoms with E-state index in [2.05, 4.69) is 9.73 Å². The van der Waals surface area contributed by atoms with E-state index in [9.17, 15) is 31.1 Å². The number of carbonyl (C=O) groups is 1. The van der Waals surface area contributed by atoms with Gasteiger partial charge in [0.1, 0.15) is 11.4 Å². The molecule has 2 aromatic rings. The Hall–Kier alpha value is -2.94. The van der Waals surface area contributed by atoms with Crippen molar-refractivity contribution in [1.82, 2.24) is 4.57 Å². The predicted molar refractivity (Wildman–Crippen MR) is 86.7 cm³/mol. The number of amides is 1. The molecule has 0 spiro atoms. The maximum atomic E-state index is 14.3. The summed E-state index contributed by atoms with van der Waals surface area (Å²) < 4.78 is 85.2. The lowest BCUT2D eigenvalue weighted by molar-refractivity contribution is -0.192. The molecule has 12 heteroatoms. The molecule has 1 aromatic carbocycles. The van der Waals surface area contributed by atoms with Crippen molar-refractivity contribution in [2.24, 2.45) is 12.0 Å². The first-order valence-electron chi connectivity index (χ1n) is 7.38. The number of thiazole rings is 1. The third-order valence-corrected chi connectivity index (χ3v) is 4.65. The van der Waals surface area contributed by atoms with Crippen LogP contribution in [-0.4, -0.2) is 23.1 Å². The first-order chi connectivity index (χ1) is 13.0. The minimum Gasteiger partial charge on any atom is -0.423 e. The summed E-state index contributed by atoms with van der Waals surface area (Å²) in [4.78, 5) is 15.9. The van der Waals surface area contributed by atoms with Crippen LogP contribution in [0.3, 0.4) is 0 Å². The van der Waals surface area contributed by atoms with Gasteiger partial charge in [-0.15, -0.1) is 17.8 Å². The highest BCUT2D eigenvalue weighted by atomic mass is 32.1. The van der Waals surface area contributed by atoms with Crippen LogP contribution in [0.5, 0.6) is 5.75 Å². The molecule has 0 aliphatic carbocycles. The van der Waals surface area contributed by atoms with E-state index in [1.165, 1.54) is 0 Å². The molecule has 1 amide bonds. The zero-order valence-corrected chi connectivity index (χ0v) is 14.7. The van der Waals surface area contributed by atoms with Gasteiger partial charge in [0, 0.05) is 18.5 Å². The van der Waals surface area contributed by atoms with Crippen LogP contribution in [0.2, 0.25) is 0 Å². The monoisotopic (exact) mass is 421 g/mol. The predicted octanol–water partition coefficient (Wildman–Crippen LogP) is 3.43. The largest absolute Gasteiger partial charge is 0.483 e. The molecule has 0 saturated carbocycles. The van der Waals surface area contributed by atoms with Crippen molar-refractivity contribution < 1.29 is 35.9 Å². The Balaban J connectivity index is 2.16. The lowest BCUT2D eigenvalue weighted by atomic mass is 10.2. The molecule has 0 radical (unpaired) electrons. The second-order valence-corrected chi connectivity index (χ2v) is 6.39. The van der Waals surface area contributed by atoms with Gasteiger partial charge < -0.3 is 9.30 Å². The van der Waals surface area contributed by atoms with Gasteiger partial charge in [-0.25, -0.2) is 9.38 Å². The Labute approximate surface area is 157 Å². The summed E-state index contributed by atoms with van der Waals surface area (Å²) in [6, 6.07) is 1.47. The fraction of sp³-hybridized carbons (Fsp3) is 0.250. The van der Waals surface area contributed by atoms with Crippen molar-refractivity contribution in [3.8, 4) is 18.1 Å². The normalized spacial score (nSPS) is 16.6. The lowest BCUT2D eigenvalue weighted by Gasteiger charge is -2.32. The number of nitrogens with zero attached hydrogens (tertiary/aromatic N) is 3. The average molecular weight is 421 g/mol. The van der Waals surface area contributed by atoms with Crippen LogP contribution in [-0.2, 0) is 18.0 Å². The number of anilines is 1. The van der Waals surface area contributed by atoms with E-state index >= 15 is 0 Å². The van der Waals surface area contributed by atoms with Crippen LogP contribution < -0.4 is 14.4 Å². The Morgan fingerprint density at radius 3 is 2.61 bits per heavy atom. The summed E-state index contributed by atoms with van der Waals surface area (Å²) in [5.41, 5.74) is -1.75. The zero-order valence-electron chi connectivity index (χ0n) is 13.9. The summed E-state index contributed by atoms with van der Waals surface area (Å²) in [5, 5.41) is 0.799. The second-order valence-electron chi connectivity index (χ2n) is 5.56. The SMILES string of the molecule is C#CCN1C(=O)C(F)(F)Oc2cc(F)c(/N=c3\scc(C(F)(F)F)n3C)cc21. The van der Waals surface area contributed by atoms with Crippen molar-refractivity contribution in [2.75, 3.05) is 11.4 Å². The molecule has 1 aliphatic heterocycles. The van der Waals surface area contributed by atoms with Gasteiger partial charge in [0.25, 0.3) is 0 Å². The molecule has 1 aromatic heterocycles. The molecule has 2 heterocycles. The number of hydrogen-bond donors (Lipinski definition) is 0. The van der Waals surface area contributed by atoms with E-state index in [0.29, 0.717) is 26.9 Å². The molecule has 0 fully saturated rings. The number of ether oxygens (including phenoxy) is 1. The Morgan fingerprint density at radius 2 is 2.04 bits per heavy atom. The number of carbonyl (C=O) groups excluding carboxylic acids is 1. The van der Waals surface area contributed by atoms with Crippen LogP contribution in [0.1, 0.15) is 5.69 Å². The van der Waals surface area contributed by atoms with Crippen molar-refractivity contribution in [3.05, 3.63) is 33.8 Å². The molecule has 148 valence electrons. The van der Waals surface area contributed by atoms with Crippen molar-refractivity contribution >= 4 is 28.6 Å². The number of rotatable bonds is 2. The van der Waals surface area contributed by atoms with E-state index < -0.39 is 47.7 Å². The Bertz CT molecular complexity index is 1060. The molecular weight excluding hydrogens is 412 g/mol. The molecular formula is C16H9F6N3O2S. The maximum absolute atomic E-state index is 14.3. The van der Waals surface area contributed by atoms with E-state index in [1.54, 1.807) is 0 Å². The minimum absolute atomic E-state index is 0.206. The van der Waals surface area contributed by atoms with E-state index in [-0.39, 0.29) is 10.5 Å². The topological polar surface area (TPSA) is 46.8 Å². The molecule has 3 rings (SSSR count). The number of benzene rings is 1. The standard InChI is InChI=1S/C16H9F6N3O2S/c1-3-4-25-10-6-9(8(17)5-11(10)27-16(21,22)13(25)26)23-14-24(2)12(7-28-14)15(18,19)20/h1,5-7H,4H2,2H3/b23-14-. The van der Waals surface area contributed by atoms with E-state index in [0.717, 1.165) is 18.5 Å². The number of fused-ring (bicyclic) bond motifs is 1. The average Bonchev–Trinajstić information content (AvgIpc) is 2.94. The van der Waals surface area contributed by atoms with Crippen LogP contribution in [0.25, 0.3) is 0 Å². The minimum atomic E-state index is -4.64. The quantitative estimate of drug-likeness (QED) is 0.551. The first kappa shape index (κ1) is 19.8. The fourth-order valence-corrected chi connectivity index (χ4v) is 3.35. The molecule has 0 N–H and O–H groups in total. The second kappa shape index (κ2) is 6.59.